The third-order valence-electron chi connectivity index (χ3n) is 3.31. The molecule has 0 aliphatic heterocycles. The Morgan fingerprint density at radius 2 is 2.11 bits per heavy atom. The van der Waals surface area contributed by atoms with Crippen LogP contribution in [0.3, 0.4) is 0 Å². The average Bonchev–Trinajstić information content (AvgIpc) is 2.74. The van der Waals surface area contributed by atoms with Crippen molar-refractivity contribution in [2.24, 2.45) is 11.8 Å². The first-order valence-corrected chi connectivity index (χ1v) is 6.53. The zero-order valence-corrected chi connectivity index (χ0v) is 11.3. The first-order valence-electron chi connectivity index (χ1n) is 6.53. The number of aromatic nitrogens is 4. The molecule has 0 amide bonds. The highest BCUT2D eigenvalue weighted by Crippen LogP contribution is 2.14. The van der Waals surface area contributed by atoms with Crippen LogP contribution >= 0.6 is 0 Å². The molecule has 0 saturated carbocycles. The summed E-state index contributed by atoms with van der Waals surface area (Å²) in [7, 11) is 0. The Morgan fingerprint density at radius 3 is 2.67 bits per heavy atom. The maximum absolute atomic E-state index is 10.7. The van der Waals surface area contributed by atoms with Gasteiger partial charge in [-0.3, -0.25) is 4.79 Å². The van der Waals surface area contributed by atoms with E-state index in [0.29, 0.717) is 12.5 Å². The van der Waals surface area contributed by atoms with E-state index in [0.717, 1.165) is 25.1 Å². The van der Waals surface area contributed by atoms with Crippen molar-refractivity contribution < 1.29 is 9.90 Å². The molecule has 0 aliphatic carbocycles. The molecule has 1 rings (SSSR count). The summed E-state index contributed by atoms with van der Waals surface area (Å²) in [6.45, 7) is 6.87. The Morgan fingerprint density at radius 1 is 1.39 bits per heavy atom. The Bertz CT molecular complexity index is 378. The molecule has 1 aromatic rings. The van der Waals surface area contributed by atoms with Gasteiger partial charge < -0.3 is 5.11 Å². The molecule has 18 heavy (non-hydrogen) atoms. The smallest absolute Gasteiger partial charge is 0.303 e. The normalized spacial score (nSPS) is 14.4. The lowest BCUT2D eigenvalue weighted by Gasteiger charge is -2.14. The molecule has 0 spiro atoms. The Hall–Kier alpha value is -1.46. The lowest BCUT2D eigenvalue weighted by molar-refractivity contribution is -0.138. The summed E-state index contributed by atoms with van der Waals surface area (Å²) in [5.74, 6) is 0.711. The highest BCUT2D eigenvalue weighted by atomic mass is 16.4. The first-order chi connectivity index (χ1) is 8.56. The monoisotopic (exact) mass is 254 g/mol. The first kappa shape index (κ1) is 14.6. The fraction of sp³-hybridized carbons (Fsp3) is 0.833. The van der Waals surface area contributed by atoms with Gasteiger partial charge in [0.25, 0.3) is 0 Å². The SMILES string of the molecule is CCC(C)Cc1nnnn1CC(CC)CC(=O)O. The van der Waals surface area contributed by atoms with E-state index in [1.54, 1.807) is 4.68 Å². The van der Waals surface area contributed by atoms with Crippen molar-refractivity contribution in [3.05, 3.63) is 5.82 Å². The third kappa shape index (κ3) is 4.43. The van der Waals surface area contributed by atoms with Gasteiger partial charge in [-0.25, -0.2) is 4.68 Å². The van der Waals surface area contributed by atoms with E-state index in [-0.39, 0.29) is 12.3 Å². The average molecular weight is 254 g/mol. The predicted octanol–water partition coefficient (Wildman–Crippen LogP) is 1.76. The predicted molar refractivity (Wildman–Crippen MR) is 67.0 cm³/mol. The van der Waals surface area contributed by atoms with Gasteiger partial charge in [0.05, 0.1) is 0 Å². The zero-order chi connectivity index (χ0) is 13.5. The van der Waals surface area contributed by atoms with Gasteiger partial charge in [0.2, 0.25) is 0 Å². The molecule has 1 aromatic heterocycles. The van der Waals surface area contributed by atoms with Crippen molar-refractivity contribution in [3.8, 4) is 0 Å². The molecule has 0 saturated heterocycles. The van der Waals surface area contributed by atoms with Crippen LogP contribution in [0, 0.1) is 11.8 Å². The van der Waals surface area contributed by atoms with Crippen LogP contribution in [0.25, 0.3) is 0 Å². The highest BCUT2D eigenvalue weighted by Gasteiger charge is 2.16. The highest BCUT2D eigenvalue weighted by molar-refractivity contribution is 5.66. The molecular weight excluding hydrogens is 232 g/mol. The standard InChI is InChI=1S/C12H22N4O2/c1-4-9(3)6-11-13-14-15-16(11)8-10(5-2)7-12(17)18/h9-10H,4-8H2,1-3H3,(H,17,18). The van der Waals surface area contributed by atoms with E-state index in [2.05, 4.69) is 29.4 Å². The van der Waals surface area contributed by atoms with Crippen molar-refractivity contribution in [3.63, 3.8) is 0 Å². The third-order valence-corrected chi connectivity index (χ3v) is 3.31. The number of nitrogens with zero attached hydrogens (tertiary/aromatic N) is 4. The second-order valence-electron chi connectivity index (χ2n) is 4.87. The molecule has 6 heteroatoms. The van der Waals surface area contributed by atoms with E-state index >= 15 is 0 Å². The number of tetrazole rings is 1. The van der Waals surface area contributed by atoms with Gasteiger partial charge in [-0.05, 0) is 22.3 Å². The minimum atomic E-state index is -0.765. The van der Waals surface area contributed by atoms with Crippen LogP contribution < -0.4 is 0 Å². The van der Waals surface area contributed by atoms with Gasteiger partial charge in [0, 0.05) is 19.4 Å². The van der Waals surface area contributed by atoms with Crippen molar-refractivity contribution in [2.75, 3.05) is 0 Å². The fourth-order valence-corrected chi connectivity index (χ4v) is 1.80. The van der Waals surface area contributed by atoms with Crippen LogP contribution in [0.5, 0.6) is 0 Å². The maximum atomic E-state index is 10.7. The minimum Gasteiger partial charge on any atom is -0.481 e. The van der Waals surface area contributed by atoms with Crippen LogP contribution in [0.4, 0.5) is 0 Å². The molecule has 6 nitrogen and oxygen atoms in total. The number of rotatable bonds is 8. The van der Waals surface area contributed by atoms with Crippen molar-refractivity contribution in [1.82, 2.24) is 20.2 Å². The van der Waals surface area contributed by atoms with Gasteiger partial charge in [-0.1, -0.05) is 33.6 Å². The molecule has 0 aliphatic rings. The van der Waals surface area contributed by atoms with Gasteiger partial charge in [-0.2, -0.15) is 0 Å². The summed E-state index contributed by atoms with van der Waals surface area (Å²) in [6, 6.07) is 0. The minimum absolute atomic E-state index is 0.0849. The molecule has 2 atom stereocenters. The fourth-order valence-electron chi connectivity index (χ4n) is 1.80. The molecule has 2 unspecified atom stereocenters. The zero-order valence-electron chi connectivity index (χ0n) is 11.3. The quantitative estimate of drug-likeness (QED) is 0.764. The topological polar surface area (TPSA) is 80.9 Å². The molecule has 1 heterocycles. The van der Waals surface area contributed by atoms with Crippen molar-refractivity contribution in [1.29, 1.82) is 0 Å². The van der Waals surface area contributed by atoms with E-state index in [1.165, 1.54) is 0 Å². The maximum Gasteiger partial charge on any atom is 0.303 e. The van der Waals surface area contributed by atoms with Gasteiger partial charge in [-0.15, -0.1) is 5.10 Å². The lowest BCUT2D eigenvalue weighted by atomic mass is 10.0. The Balaban J connectivity index is 2.65. The number of carboxylic acids is 1. The van der Waals surface area contributed by atoms with E-state index in [4.69, 9.17) is 5.11 Å². The molecule has 0 bridgehead atoms. The molecule has 0 aromatic carbocycles. The van der Waals surface area contributed by atoms with Crippen LogP contribution in [0.15, 0.2) is 0 Å². The molecular formula is C12H22N4O2. The van der Waals surface area contributed by atoms with Crippen LogP contribution in [-0.4, -0.2) is 31.3 Å². The summed E-state index contributed by atoms with van der Waals surface area (Å²) in [5.41, 5.74) is 0. The van der Waals surface area contributed by atoms with Gasteiger partial charge in [0.15, 0.2) is 5.82 Å². The summed E-state index contributed by atoms with van der Waals surface area (Å²) < 4.78 is 1.75. The molecule has 0 fully saturated rings. The van der Waals surface area contributed by atoms with Gasteiger partial charge >= 0.3 is 5.97 Å². The van der Waals surface area contributed by atoms with Crippen LogP contribution in [0.1, 0.15) is 45.9 Å². The largest absolute Gasteiger partial charge is 0.481 e. The summed E-state index contributed by atoms with van der Waals surface area (Å²) in [6.07, 6.45) is 2.90. The van der Waals surface area contributed by atoms with E-state index in [1.807, 2.05) is 6.92 Å². The van der Waals surface area contributed by atoms with Crippen molar-refractivity contribution in [2.45, 2.75) is 53.0 Å². The summed E-state index contributed by atoms with van der Waals surface area (Å²) in [4.78, 5) is 10.7. The number of carboxylic acid groups (broad SMARTS) is 1. The molecule has 1 N–H and O–H groups in total. The summed E-state index contributed by atoms with van der Waals surface area (Å²) in [5, 5.41) is 20.5. The number of carbonyl (C=O) groups is 1. The molecule has 0 radical (unpaired) electrons. The van der Waals surface area contributed by atoms with Crippen LogP contribution in [-0.2, 0) is 17.8 Å². The number of hydrogen-bond donors (Lipinski definition) is 1. The molecule has 102 valence electrons. The second kappa shape index (κ2) is 7.08. The summed E-state index contributed by atoms with van der Waals surface area (Å²) >= 11 is 0. The van der Waals surface area contributed by atoms with Gasteiger partial charge in [0.1, 0.15) is 0 Å². The Kier molecular flexibility index (Phi) is 5.74. The lowest BCUT2D eigenvalue weighted by Crippen LogP contribution is -2.18. The second-order valence-corrected chi connectivity index (χ2v) is 4.87. The number of aliphatic carboxylic acids is 1. The Labute approximate surface area is 107 Å². The van der Waals surface area contributed by atoms with E-state index < -0.39 is 5.97 Å². The van der Waals surface area contributed by atoms with Crippen LogP contribution in [0.2, 0.25) is 0 Å². The van der Waals surface area contributed by atoms with E-state index in [9.17, 15) is 4.79 Å². The number of hydrogen-bond acceptors (Lipinski definition) is 4. The van der Waals surface area contributed by atoms with Crippen molar-refractivity contribution >= 4 is 5.97 Å².